The van der Waals surface area contributed by atoms with E-state index in [1.807, 2.05) is 13.0 Å². The minimum Gasteiger partial charge on any atom is -0.297 e. The molecule has 0 aliphatic rings. The van der Waals surface area contributed by atoms with Gasteiger partial charge in [-0.15, -0.1) is 0 Å². The van der Waals surface area contributed by atoms with Crippen LogP contribution in [0.4, 0.5) is 5.69 Å². The highest BCUT2D eigenvalue weighted by Crippen LogP contribution is 2.22. The molecule has 5 nitrogen and oxygen atoms in total. The van der Waals surface area contributed by atoms with E-state index >= 15 is 0 Å². The van der Waals surface area contributed by atoms with Gasteiger partial charge in [-0.05, 0) is 18.6 Å². The number of aryl methyl sites for hydroxylation is 1. The Hall–Kier alpha value is -1.95. The molecule has 1 aromatic heterocycles. The van der Waals surface area contributed by atoms with E-state index in [1.54, 1.807) is 22.9 Å². The first-order valence-corrected chi connectivity index (χ1v) is 5.59. The summed E-state index contributed by atoms with van der Waals surface area (Å²) < 4.78 is 2.10. The summed E-state index contributed by atoms with van der Waals surface area (Å²) in [5.41, 5.74) is 1.45. The van der Waals surface area contributed by atoms with Gasteiger partial charge in [0, 0.05) is 11.8 Å². The largest absolute Gasteiger partial charge is 0.297 e. The zero-order valence-corrected chi connectivity index (χ0v) is 10.0. The lowest BCUT2D eigenvalue weighted by Crippen LogP contribution is -2.02. The van der Waals surface area contributed by atoms with Crippen LogP contribution in [0.1, 0.15) is 12.6 Å². The van der Waals surface area contributed by atoms with Crippen LogP contribution in [0, 0.1) is 14.8 Å². The second-order valence-electron chi connectivity index (χ2n) is 3.55. The van der Waals surface area contributed by atoms with E-state index in [0.29, 0.717) is 10.3 Å². The van der Waals surface area contributed by atoms with Gasteiger partial charge in [-0.25, -0.2) is 4.68 Å². The van der Waals surface area contributed by atoms with Crippen LogP contribution in [-0.4, -0.2) is 14.7 Å². The molecule has 0 saturated heterocycles. The summed E-state index contributed by atoms with van der Waals surface area (Å²) in [6, 6.07) is 8.32. The highest BCUT2D eigenvalue weighted by Gasteiger charge is 2.15. The third kappa shape index (κ3) is 2.12. The van der Waals surface area contributed by atoms with Crippen molar-refractivity contribution in [1.82, 2.24) is 9.78 Å². The number of para-hydroxylation sites is 2. The Morgan fingerprint density at radius 2 is 2.18 bits per heavy atom. The fourth-order valence-corrected chi connectivity index (χ4v) is 1.90. The second kappa shape index (κ2) is 4.50. The minimum absolute atomic E-state index is 0.0353. The maximum atomic E-state index is 10.9. The van der Waals surface area contributed by atoms with Gasteiger partial charge < -0.3 is 0 Å². The summed E-state index contributed by atoms with van der Waals surface area (Å²) in [6.07, 6.45) is 0.803. The molecular formula is C11H11N3O2S. The van der Waals surface area contributed by atoms with Crippen molar-refractivity contribution in [1.29, 1.82) is 0 Å². The van der Waals surface area contributed by atoms with Gasteiger partial charge in [-0.2, -0.15) is 0 Å². The Morgan fingerprint density at radius 3 is 2.76 bits per heavy atom. The number of H-pyrrole nitrogens is 1. The lowest BCUT2D eigenvalue weighted by atomic mass is 10.3. The SMILES string of the molecule is CCc1cc(=S)n(-c2ccccc2[N+](=O)[O-])[nH]1. The van der Waals surface area contributed by atoms with Crippen LogP contribution in [0.15, 0.2) is 30.3 Å². The fourth-order valence-electron chi connectivity index (χ4n) is 1.61. The average molecular weight is 249 g/mol. The van der Waals surface area contributed by atoms with Crippen LogP contribution < -0.4 is 0 Å². The van der Waals surface area contributed by atoms with Gasteiger partial charge in [-0.1, -0.05) is 31.3 Å². The van der Waals surface area contributed by atoms with E-state index in [-0.39, 0.29) is 5.69 Å². The average Bonchev–Trinajstić information content (AvgIpc) is 2.70. The second-order valence-corrected chi connectivity index (χ2v) is 3.97. The van der Waals surface area contributed by atoms with Crippen molar-refractivity contribution in [2.45, 2.75) is 13.3 Å². The first kappa shape index (κ1) is 11.5. The Kier molecular flexibility index (Phi) is 3.06. The Balaban J connectivity index is 2.64. The Labute approximate surface area is 103 Å². The van der Waals surface area contributed by atoms with E-state index in [9.17, 15) is 10.1 Å². The van der Waals surface area contributed by atoms with E-state index in [4.69, 9.17) is 12.2 Å². The molecule has 1 N–H and O–H groups in total. The third-order valence-corrected chi connectivity index (χ3v) is 2.77. The highest BCUT2D eigenvalue weighted by atomic mass is 32.1. The molecule has 0 aliphatic carbocycles. The molecule has 2 aromatic rings. The number of aromatic amines is 1. The Bertz CT molecular complexity index is 615. The molecule has 0 bridgehead atoms. The molecule has 6 heteroatoms. The van der Waals surface area contributed by atoms with Crippen LogP contribution in [0.5, 0.6) is 0 Å². The number of hydrogen-bond donors (Lipinski definition) is 1. The van der Waals surface area contributed by atoms with Gasteiger partial charge >= 0.3 is 0 Å². The van der Waals surface area contributed by atoms with Crippen LogP contribution in [0.25, 0.3) is 5.69 Å². The number of aromatic nitrogens is 2. The van der Waals surface area contributed by atoms with E-state index < -0.39 is 4.92 Å². The number of nitrogens with one attached hydrogen (secondary N) is 1. The zero-order chi connectivity index (χ0) is 12.4. The molecule has 88 valence electrons. The number of nitrogens with zero attached hydrogens (tertiary/aromatic N) is 2. The summed E-state index contributed by atoms with van der Waals surface area (Å²) >= 11 is 5.18. The smallest absolute Gasteiger partial charge is 0.294 e. The van der Waals surface area contributed by atoms with E-state index in [2.05, 4.69) is 5.10 Å². The predicted molar refractivity (Wildman–Crippen MR) is 67.0 cm³/mol. The van der Waals surface area contributed by atoms with Crippen molar-refractivity contribution in [3.8, 4) is 5.69 Å². The molecule has 0 saturated carbocycles. The number of benzene rings is 1. The molecule has 0 radical (unpaired) electrons. The van der Waals surface area contributed by atoms with Crippen molar-refractivity contribution in [3.05, 3.63) is 50.8 Å². The summed E-state index contributed by atoms with van der Waals surface area (Å²) in [6.45, 7) is 1.99. The van der Waals surface area contributed by atoms with Crippen molar-refractivity contribution < 1.29 is 4.92 Å². The molecule has 0 spiro atoms. The van der Waals surface area contributed by atoms with Gasteiger partial charge in [0.1, 0.15) is 10.3 Å². The number of nitro groups is 1. The van der Waals surface area contributed by atoms with Gasteiger partial charge in [0.15, 0.2) is 0 Å². The number of nitro benzene ring substituents is 1. The first-order valence-electron chi connectivity index (χ1n) is 5.18. The van der Waals surface area contributed by atoms with Crippen molar-refractivity contribution >= 4 is 17.9 Å². The van der Waals surface area contributed by atoms with Crippen LogP contribution >= 0.6 is 12.2 Å². The lowest BCUT2D eigenvalue weighted by Gasteiger charge is -2.03. The molecule has 0 amide bonds. The van der Waals surface area contributed by atoms with Crippen molar-refractivity contribution in [2.24, 2.45) is 0 Å². The molecule has 1 heterocycles. The normalized spacial score (nSPS) is 10.4. The molecule has 17 heavy (non-hydrogen) atoms. The van der Waals surface area contributed by atoms with E-state index in [1.165, 1.54) is 6.07 Å². The summed E-state index contributed by atoms with van der Waals surface area (Å²) in [5.74, 6) is 0. The minimum atomic E-state index is -0.413. The highest BCUT2D eigenvalue weighted by molar-refractivity contribution is 7.71. The summed E-state index contributed by atoms with van der Waals surface area (Å²) in [5, 5.41) is 14.0. The quantitative estimate of drug-likeness (QED) is 0.516. The molecular weight excluding hydrogens is 238 g/mol. The van der Waals surface area contributed by atoms with Gasteiger partial charge in [0.25, 0.3) is 5.69 Å². The maximum Gasteiger partial charge on any atom is 0.294 e. The van der Waals surface area contributed by atoms with E-state index in [0.717, 1.165) is 12.1 Å². The molecule has 1 aromatic carbocycles. The molecule has 0 atom stereocenters. The summed E-state index contributed by atoms with van der Waals surface area (Å²) in [4.78, 5) is 10.5. The van der Waals surface area contributed by atoms with Crippen molar-refractivity contribution in [2.75, 3.05) is 0 Å². The van der Waals surface area contributed by atoms with Crippen LogP contribution in [-0.2, 0) is 6.42 Å². The number of rotatable bonds is 3. The zero-order valence-electron chi connectivity index (χ0n) is 9.21. The lowest BCUT2D eigenvalue weighted by molar-refractivity contribution is -0.384. The number of hydrogen-bond acceptors (Lipinski definition) is 3. The first-order chi connectivity index (χ1) is 8.13. The van der Waals surface area contributed by atoms with Crippen LogP contribution in [0.3, 0.4) is 0 Å². The van der Waals surface area contributed by atoms with Gasteiger partial charge in [-0.3, -0.25) is 15.2 Å². The third-order valence-electron chi connectivity index (χ3n) is 2.47. The van der Waals surface area contributed by atoms with Crippen molar-refractivity contribution in [3.63, 3.8) is 0 Å². The maximum absolute atomic E-state index is 10.9. The standard InChI is InChI=1S/C11H11N3O2S/c1-2-8-7-11(17)13(12-8)9-5-3-4-6-10(9)14(15)16/h3-7,12H,2H2,1H3. The molecule has 0 unspecified atom stereocenters. The monoisotopic (exact) mass is 249 g/mol. The summed E-state index contributed by atoms with van der Waals surface area (Å²) in [7, 11) is 0. The predicted octanol–water partition coefficient (Wildman–Crippen LogP) is 3.01. The molecule has 0 fully saturated rings. The topological polar surface area (TPSA) is 63.9 Å². The molecule has 0 aliphatic heterocycles. The molecule has 2 rings (SSSR count). The van der Waals surface area contributed by atoms with Gasteiger partial charge in [0.2, 0.25) is 0 Å². The van der Waals surface area contributed by atoms with Gasteiger partial charge in [0.05, 0.1) is 4.92 Å². The van der Waals surface area contributed by atoms with Crippen LogP contribution in [0.2, 0.25) is 0 Å². The Morgan fingerprint density at radius 1 is 1.47 bits per heavy atom. The fraction of sp³-hybridized carbons (Fsp3) is 0.182.